The second-order valence-electron chi connectivity index (χ2n) is 7.69. The first-order chi connectivity index (χ1) is 16.2. The molecule has 5 heteroatoms. The van der Waals surface area contributed by atoms with Crippen molar-refractivity contribution in [3.63, 3.8) is 0 Å². The Balaban J connectivity index is 1.36. The van der Waals surface area contributed by atoms with E-state index in [1.807, 2.05) is 97.1 Å². The van der Waals surface area contributed by atoms with Gasteiger partial charge in [-0.3, -0.25) is 9.69 Å². The van der Waals surface area contributed by atoms with Gasteiger partial charge in [-0.05, 0) is 66.2 Å². The van der Waals surface area contributed by atoms with Gasteiger partial charge in [-0.1, -0.05) is 60.3 Å². The summed E-state index contributed by atoms with van der Waals surface area (Å²) < 4.78 is 11.5. The topological polar surface area (TPSA) is 38.8 Å². The number of anilines is 1. The molecule has 4 aromatic carbocycles. The maximum Gasteiger partial charge on any atom is 0.271 e. The fourth-order valence-electron chi connectivity index (χ4n) is 3.94. The molecule has 4 aromatic rings. The Bertz CT molecular complexity index is 1210. The normalized spacial score (nSPS) is 17.4. The molecule has 0 spiro atoms. The number of benzene rings is 4. The summed E-state index contributed by atoms with van der Waals surface area (Å²) in [5, 5.41) is 0. The van der Waals surface area contributed by atoms with E-state index in [0.29, 0.717) is 5.75 Å². The molecule has 1 aliphatic rings. The Labute approximate surface area is 197 Å². The first-order valence-electron chi connectivity index (χ1n) is 10.7. The van der Waals surface area contributed by atoms with Crippen molar-refractivity contribution in [2.75, 3.05) is 12.0 Å². The van der Waals surface area contributed by atoms with E-state index in [1.165, 1.54) is 4.90 Å². The molecule has 1 saturated heterocycles. The second kappa shape index (κ2) is 9.43. The van der Waals surface area contributed by atoms with Crippen molar-refractivity contribution in [2.45, 2.75) is 21.9 Å². The Kier molecular flexibility index (Phi) is 6.05. The van der Waals surface area contributed by atoms with Crippen molar-refractivity contribution >= 4 is 23.4 Å². The van der Waals surface area contributed by atoms with Crippen molar-refractivity contribution in [2.24, 2.45) is 0 Å². The molecule has 0 saturated carbocycles. The second-order valence-corrected chi connectivity index (χ2v) is 8.83. The number of methoxy groups -OCH3 is 1. The third-order valence-corrected chi connectivity index (χ3v) is 6.62. The van der Waals surface area contributed by atoms with Crippen molar-refractivity contribution in [3.05, 3.63) is 115 Å². The lowest BCUT2D eigenvalue weighted by Crippen LogP contribution is -2.61. The van der Waals surface area contributed by atoms with Crippen LogP contribution in [0.4, 0.5) is 5.69 Å². The van der Waals surface area contributed by atoms with Gasteiger partial charge in [-0.15, -0.1) is 0 Å². The average molecular weight is 454 g/mol. The maximum atomic E-state index is 13.2. The zero-order valence-electron chi connectivity index (χ0n) is 18.1. The Hall–Kier alpha value is -3.70. The van der Waals surface area contributed by atoms with Crippen LogP contribution in [0.5, 0.6) is 11.5 Å². The van der Waals surface area contributed by atoms with Gasteiger partial charge in [0.25, 0.3) is 5.91 Å². The number of rotatable bonds is 7. The van der Waals surface area contributed by atoms with Gasteiger partial charge >= 0.3 is 0 Å². The molecule has 1 amide bonds. The summed E-state index contributed by atoms with van der Waals surface area (Å²) in [5.74, 6) is 1.38. The Morgan fingerprint density at radius 2 is 1.27 bits per heavy atom. The number of carbonyl (C=O) groups excluding carboxylic acids is 1. The molecular weight excluding hydrogens is 430 g/mol. The van der Waals surface area contributed by atoms with E-state index in [0.717, 1.165) is 21.9 Å². The standard InChI is InChI=1S/C28H23NO3S/c1-31-22-14-12-21(13-15-22)29-26(20-8-4-2-5-9-20)27(28(29)30)32-23-16-18-25(19-17-23)33-24-10-6-3-7-11-24/h2-19,26-27H,1H3. The van der Waals surface area contributed by atoms with E-state index in [4.69, 9.17) is 9.47 Å². The highest BCUT2D eigenvalue weighted by Crippen LogP contribution is 2.42. The van der Waals surface area contributed by atoms with Crippen LogP contribution in [0.15, 0.2) is 119 Å². The molecule has 33 heavy (non-hydrogen) atoms. The largest absolute Gasteiger partial charge is 0.497 e. The van der Waals surface area contributed by atoms with E-state index in [1.54, 1.807) is 23.8 Å². The minimum Gasteiger partial charge on any atom is -0.497 e. The lowest BCUT2D eigenvalue weighted by molar-refractivity contribution is -0.135. The van der Waals surface area contributed by atoms with Crippen LogP contribution in [0.3, 0.4) is 0 Å². The molecule has 2 atom stereocenters. The molecule has 0 bridgehead atoms. The molecule has 1 fully saturated rings. The SMILES string of the molecule is COc1ccc(N2C(=O)C(Oc3ccc(Sc4ccccc4)cc3)C2c2ccccc2)cc1. The summed E-state index contributed by atoms with van der Waals surface area (Å²) in [6.45, 7) is 0. The number of hydrogen-bond donors (Lipinski definition) is 0. The first-order valence-corrected chi connectivity index (χ1v) is 11.6. The van der Waals surface area contributed by atoms with Gasteiger partial charge in [0.1, 0.15) is 17.5 Å². The molecule has 1 heterocycles. The minimum absolute atomic E-state index is 0.0586. The molecule has 1 aliphatic heterocycles. The Morgan fingerprint density at radius 3 is 1.91 bits per heavy atom. The van der Waals surface area contributed by atoms with Crippen LogP contribution >= 0.6 is 11.8 Å². The third kappa shape index (κ3) is 4.45. The maximum absolute atomic E-state index is 13.2. The van der Waals surface area contributed by atoms with Crippen molar-refractivity contribution < 1.29 is 14.3 Å². The zero-order chi connectivity index (χ0) is 22.6. The predicted molar refractivity (Wildman–Crippen MR) is 131 cm³/mol. The summed E-state index contributed by atoms with van der Waals surface area (Å²) in [5.41, 5.74) is 1.86. The van der Waals surface area contributed by atoms with E-state index in [-0.39, 0.29) is 11.9 Å². The third-order valence-electron chi connectivity index (χ3n) is 5.60. The van der Waals surface area contributed by atoms with Crippen LogP contribution in [0.2, 0.25) is 0 Å². The van der Waals surface area contributed by atoms with Gasteiger partial charge in [0.2, 0.25) is 6.10 Å². The molecular formula is C28H23NO3S. The number of ether oxygens (including phenoxy) is 2. The van der Waals surface area contributed by atoms with Crippen LogP contribution in [0.25, 0.3) is 0 Å². The summed E-state index contributed by atoms with van der Waals surface area (Å²) >= 11 is 1.69. The van der Waals surface area contributed by atoms with Crippen molar-refractivity contribution in [1.29, 1.82) is 0 Å². The summed E-state index contributed by atoms with van der Waals surface area (Å²) in [7, 11) is 1.63. The monoisotopic (exact) mass is 453 g/mol. The van der Waals surface area contributed by atoms with Gasteiger partial charge in [-0.2, -0.15) is 0 Å². The van der Waals surface area contributed by atoms with Crippen molar-refractivity contribution in [3.8, 4) is 11.5 Å². The summed E-state index contributed by atoms with van der Waals surface area (Å²) in [4.78, 5) is 17.3. The van der Waals surface area contributed by atoms with Gasteiger partial charge in [-0.25, -0.2) is 0 Å². The number of nitrogens with zero attached hydrogens (tertiary/aromatic N) is 1. The van der Waals surface area contributed by atoms with E-state index in [9.17, 15) is 4.79 Å². The average Bonchev–Trinajstić information content (AvgIpc) is 2.88. The van der Waals surface area contributed by atoms with Crippen LogP contribution in [0, 0.1) is 0 Å². The molecule has 4 nitrogen and oxygen atoms in total. The smallest absolute Gasteiger partial charge is 0.271 e. The molecule has 0 aromatic heterocycles. The molecule has 0 aliphatic carbocycles. The van der Waals surface area contributed by atoms with Crippen LogP contribution in [-0.2, 0) is 4.79 Å². The molecule has 2 unspecified atom stereocenters. The highest BCUT2D eigenvalue weighted by atomic mass is 32.2. The summed E-state index contributed by atoms with van der Waals surface area (Å²) in [6.07, 6.45) is -0.581. The van der Waals surface area contributed by atoms with Gasteiger partial charge in [0.05, 0.1) is 7.11 Å². The van der Waals surface area contributed by atoms with Crippen LogP contribution < -0.4 is 14.4 Å². The lowest BCUT2D eigenvalue weighted by Gasteiger charge is -2.46. The van der Waals surface area contributed by atoms with E-state index in [2.05, 4.69) is 12.1 Å². The van der Waals surface area contributed by atoms with Gasteiger partial charge in [0.15, 0.2) is 0 Å². The summed E-state index contributed by atoms with van der Waals surface area (Å²) in [6, 6.07) is 35.5. The Morgan fingerprint density at radius 1 is 0.697 bits per heavy atom. The molecule has 0 radical (unpaired) electrons. The fourth-order valence-corrected chi connectivity index (χ4v) is 4.78. The van der Waals surface area contributed by atoms with Crippen LogP contribution in [-0.4, -0.2) is 19.1 Å². The van der Waals surface area contributed by atoms with E-state index >= 15 is 0 Å². The molecule has 5 rings (SSSR count). The van der Waals surface area contributed by atoms with Crippen molar-refractivity contribution in [1.82, 2.24) is 0 Å². The number of hydrogen-bond acceptors (Lipinski definition) is 4. The molecule has 164 valence electrons. The van der Waals surface area contributed by atoms with Gasteiger partial charge in [0, 0.05) is 15.5 Å². The number of β-lactam (4-membered cyclic amide) rings is 1. The predicted octanol–water partition coefficient (Wildman–Crippen LogP) is 6.38. The van der Waals surface area contributed by atoms with Crippen LogP contribution in [0.1, 0.15) is 11.6 Å². The fraction of sp³-hybridized carbons (Fsp3) is 0.107. The number of carbonyl (C=O) groups is 1. The van der Waals surface area contributed by atoms with Gasteiger partial charge < -0.3 is 9.47 Å². The highest BCUT2D eigenvalue weighted by molar-refractivity contribution is 7.99. The lowest BCUT2D eigenvalue weighted by atomic mass is 9.89. The number of amides is 1. The minimum atomic E-state index is -0.581. The zero-order valence-corrected chi connectivity index (χ0v) is 18.9. The van der Waals surface area contributed by atoms with E-state index < -0.39 is 6.10 Å². The quantitative estimate of drug-likeness (QED) is 0.304. The molecule has 0 N–H and O–H groups in total. The first kappa shape index (κ1) is 21.2. The highest BCUT2D eigenvalue weighted by Gasteiger charge is 2.51.